The lowest BCUT2D eigenvalue weighted by molar-refractivity contribution is -0.191. The van der Waals surface area contributed by atoms with E-state index in [4.69, 9.17) is 9.47 Å². The standard InChI is InChI=1S/C5H11BINO2/c1-8-4-9-2-5(6,7)3-10-4/h4,8H,2-3,6H2,1H3. The lowest BCUT2D eigenvalue weighted by atomic mass is 9.89. The van der Waals surface area contributed by atoms with E-state index in [1.54, 1.807) is 0 Å². The molecular weight excluding hydrogens is 244 g/mol. The van der Waals surface area contributed by atoms with E-state index >= 15 is 0 Å². The summed E-state index contributed by atoms with van der Waals surface area (Å²) in [5.41, 5.74) is 0. The van der Waals surface area contributed by atoms with Crippen LogP contribution < -0.4 is 5.32 Å². The average Bonchev–Trinajstić information content (AvgIpc) is 1.88. The predicted octanol–water partition coefficient (Wildman–Crippen LogP) is -0.699. The Hall–Kier alpha value is 0.675. The van der Waals surface area contributed by atoms with Gasteiger partial charge < -0.3 is 9.47 Å². The van der Waals surface area contributed by atoms with E-state index in [-0.39, 0.29) is 9.74 Å². The first kappa shape index (κ1) is 8.77. The van der Waals surface area contributed by atoms with Gasteiger partial charge in [0, 0.05) is 3.32 Å². The largest absolute Gasteiger partial charge is 0.339 e. The lowest BCUT2D eigenvalue weighted by Crippen LogP contribution is -2.47. The normalized spacial score (nSPS) is 41.6. The Morgan fingerprint density at radius 2 is 2.10 bits per heavy atom. The Bertz CT molecular complexity index is 112. The SMILES string of the molecule is BC1(I)COC(NC)OC1. The minimum atomic E-state index is -0.206. The molecule has 0 spiro atoms. The van der Waals surface area contributed by atoms with Gasteiger partial charge in [0.05, 0.1) is 13.2 Å². The zero-order valence-electron chi connectivity index (χ0n) is 6.19. The molecular formula is C5H11BINO2. The molecule has 5 heteroatoms. The third kappa shape index (κ3) is 2.37. The second kappa shape index (κ2) is 3.38. The van der Waals surface area contributed by atoms with Crippen LogP contribution in [0.2, 0.25) is 0 Å². The van der Waals surface area contributed by atoms with E-state index in [2.05, 4.69) is 35.8 Å². The molecule has 1 aliphatic rings. The molecule has 0 bridgehead atoms. The maximum absolute atomic E-state index is 5.30. The van der Waals surface area contributed by atoms with E-state index in [0.717, 1.165) is 13.2 Å². The fourth-order valence-corrected chi connectivity index (χ4v) is 1.11. The van der Waals surface area contributed by atoms with E-state index in [0.29, 0.717) is 0 Å². The highest BCUT2D eigenvalue weighted by Gasteiger charge is 2.28. The molecule has 0 saturated carbocycles. The van der Waals surface area contributed by atoms with Gasteiger partial charge in [0.2, 0.25) is 6.41 Å². The van der Waals surface area contributed by atoms with E-state index < -0.39 is 0 Å². The summed E-state index contributed by atoms with van der Waals surface area (Å²) in [6.45, 7) is 1.50. The zero-order chi connectivity index (χ0) is 7.61. The number of nitrogens with one attached hydrogen (secondary N) is 1. The Labute approximate surface area is 75.4 Å². The molecule has 0 atom stereocenters. The van der Waals surface area contributed by atoms with Gasteiger partial charge in [-0.25, -0.2) is 0 Å². The molecule has 3 nitrogen and oxygen atoms in total. The summed E-state index contributed by atoms with van der Waals surface area (Å²) in [7, 11) is 3.93. The van der Waals surface area contributed by atoms with Crippen LogP contribution in [0, 0.1) is 0 Å². The van der Waals surface area contributed by atoms with Crippen LogP contribution in [-0.2, 0) is 9.47 Å². The van der Waals surface area contributed by atoms with Gasteiger partial charge in [-0.15, -0.1) is 0 Å². The minimum Gasteiger partial charge on any atom is -0.339 e. The summed E-state index contributed by atoms with van der Waals surface area (Å²) in [5, 5.41) is 2.89. The number of rotatable bonds is 1. The van der Waals surface area contributed by atoms with Crippen molar-refractivity contribution in [3.63, 3.8) is 0 Å². The number of hydrogen-bond donors (Lipinski definition) is 1. The van der Waals surface area contributed by atoms with Crippen molar-refractivity contribution in [1.29, 1.82) is 0 Å². The van der Waals surface area contributed by atoms with Gasteiger partial charge in [-0.1, -0.05) is 22.6 Å². The lowest BCUT2D eigenvalue weighted by Gasteiger charge is -2.32. The number of alkyl halides is 1. The van der Waals surface area contributed by atoms with Crippen LogP contribution in [0.1, 0.15) is 0 Å². The minimum absolute atomic E-state index is 0.144. The van der Waals surface area contributed by atoms with Crippen LogP contribution in [0.3, 0.4) is 0 Å². The highest BCUT2D eigenvalue weighted by Crippen LogP contribution is 2.20. The third-order valence-electron chi connectivity index (χ3n) is 1.31. The Morgan fingerprint density at radius 3 is 2.50 bits per heavy atom. The summed E-state index contributed by atoms with van der Waals surface area (Å²) in [5.74, 6) is 0. The second-order valence-corrected chi connectivity index (χ2v) is 5.26. The van der Waals surface area contributed by atoms with Gasteiger partial charge in [-0.3, -0.25) is 5.32 Å². The summed E-state index contributed by atoms with van der Waals surface area (Å²) in [4.78, 5) is 0. The molecule has 1 fully saturated rings. The van der Waals surface area contributed by atoms with Gasteiger partial charge >= 0.3 is 0 Å². The first-order chi connectivity index (χ1) is 4.64. The molecule has 10 heavy (non-hydrogen) atoms. The van der Waals surface area contributed by atoms with Crippen molar-refractivity contribution in [1.82, 2.24) is 5.32 Å². The van der Waals surface area contributed by atoms with Crippen LogP contribution >= 0.6 is 22.6 Å². The van der Waals surface area contributed by atoms with Gasteiger partial charge in [0.25, 0.3) is 0 Å². The molecule has 1 N–H and O–H groups in total. The summed E-state index contributed by atoms with van der Waals surface area (Å²) in [6, 6.07) is 0. The zero-order valence-corrected chi connectivity index (χ0v) is 8.34. The third-order valence-corrected chi connectivity index (χ3v) is 1.93. The number of hydrogen-bond acceptors (Lipinski definition) is 3. The van der Waals surface area contributed by atoms with Crippen LogP contribution in [0.5, 0.6) is 0 Å². The van der Waals surface area contributed by atoms with Crippen molar-refractivity contribution < 1.29 is 9.47 Å². The fraction of sp³-hybridized carbons (Fsp3) is 1.00. The molecule has 0 aromatic carbocycles. The van der Waals surface area contributed by atoms with E-state index in [1.165, 1.54) is 0 Å². The van der Waals surface area contributed by atoms with Crippen LogP contribution in [-0.4, -0.2) is 37.8 Å². The van der Waals surface area contributed by atoms with Gasteiger partial charge in [-0.2, -0.15) is 0 Å². The molecule has 58 valence electrons. The van der Waals surface area contributed by atoms with E-state index in [9.17, 15) is 0 Å². The first-order valence-electron chi connectivity index (χ1n) is 3.23. The molecule has 1 heterocycles. The molecule has 1 aliphatic heterocycles. The maximum Gasteiger partial charge on any atom is 0.215 e. The highest BCUT2D eigenvalue weighted by atomic mass is 127. The predicted molar refractivity (Wildman–Crippen MR) is 50.0 cm³/mol. The van der Waals surface area contributed by atoms with Crippen molar-refractivity contribution >= 4 is 30.4 Å². The Balaban J connectivity index is 2.31. The topological polar surface area (TPSA) is 30.5 Å². The molecule has 0 aliphatic carbocycles. The summed E-state index contributed by atoms with van der Waals surface area (Å²) >= 11 is 2.34. The molecule has 0 aromatic rings. The van der Waals surface area contributed by atoms with Gasteiger partial charge in [0.1, 0.15) is 7.85 Å². The van der Waals surface area contributed by atoms with Crippen LogP contribution in [0.25, 0.3) is 0 Å². The van der Waals surface area contributed by atoms with Crippen molar-refractivity contribution in [3.8, 4) is 0 Å². The smallest absolute Gasteiger partial charge is 0.215 e. The average molecular weight is 255 g/mol. The summed E-state index contributed by atoms with van der Waals surface area (Å²) in [6.07, 6.45) is -0.206. The second-order valence-electron chi connectivity index (χ2n) is 2.66. The van der Waals surface area contributed by atoms with Crippen LogP contribution in [0.4, 0.5) is 0 Å². The van der Waals surface area contributed by atoms with Crippen molar-refractivity contribution in [3.05, 3.63) is 0 Å². The monoisotopic (exact) mass is 255 g/mol. The van der Waals surface area contributed by atoms with Crippen LogP contribution in [0.15, 0.2) is 0 Å². The molecule has 0 radical (unpaired) electrons. The van der Waals surface area contributed by atoms with Crippen molar-refractivity contribution in [2.45, 2.75) is 9.74 Å². The number of ether oxygens (including phenoxy) is 2. The maximum atomic E-state index is 5.30. The molecule has 0 unspecified atom stereocenters. The Kier molecular flexibility index (Phi) is 2.96. The highest BCUT2D eigenvalue weighted by molar-refractivity contribution is 14.1. The fourth-order valence-electron chi connectivity index (χ4n) is 0.755. The van der Waals surface area contributed by atoms with Gasteiger partial charge in [0.15, 0.2) is 0 Å². The molecule has 1 saturated heterocycles. The quantitative estimate of drug-likeness (QED) is 0.382. The molecule has 0 aromatic heterocycles. The van der Waals surface area contributed by atoms with Crippen molar-refractivity contribution in [2.24, 2.45) is 0 Å². The van der Waals surface area contributed by atoms with Gasteiger partial charge in [-0.05, 0) is 7.05 Å². The molecule has 1 rings (SSSR count). The number of halogens is 1. The van der Waals surface area contributed by atoms with Crippen molar-refractivity contribution in [2.75, 3.05) is 20.3 Å². The summed E-state index contributed by atoms with van der Waals surface area (Å²) < 4.78 is 10.7. The first-order valence-corrected chi connectivity index (χ1v) is 4.31. The Morgan fingerprint density at radius 1 is 1.60 bits per heavy atom. The molecule has 0 amide bonds. The van der Waals surface area contributed by atoms with E-state index in [1.807, 2.05) is 7.05 Å².